The van der Waals surface area contributed by atoms with Gasteiger partial charge >= 0.3 is 0 Å². The van der Waals surface area contributed by atoms with Crippen LogP contribution in [0.2, 0.25) is 0 Å². The van der Waals surface area contributed by atoms with E-state index in [0.29, 0.717) is 6.54 Å². The maximum Gasteiger partial charge on any atom is 0.239 e. The van der Waals surface area contributed by atoms with Gasteiger partial charge in [-0.3, -0.25) is 9.69 Å². The molecule has 5 heteroatoms. The number of aryl methyl sites for hydroxylation is 1. The van der Waals surface area contributed by atoms with Crippen molar-refractivity contribution in [1.29, 1.82) is 0 Å². The zero-order valence-electron chi connectivity index (χ0n) is 15.0. The fraction of sp³-hybridized carbons (Fsp3) is 0.579. The van der Waals surface area contributed by atoms with Gasteiger partial charge in [0.15, 0.2) is 0 Å². The topological polar surface area (TPSA) is 41.4 Å². The molecule has 1 aliphatic heterocycles. The lowest BCUT2D eigenvalue weighted by Gasteiger charge is -2.30. The van der Waals surface area contributed by atoms with Gasteiger partial charge < -0.3 is 9.47 Å². The Bertz CT molecular complexity index is 700. The van der Waals surface area contributed by atoms with Gasteiger partial charge in [0.05, 0.1) is 23.6 Å². The highest BCUT2D eigenvalue weighted by atomic mass is 16.2. The fourth-order valence-electron chi connectivity index (χ4n) is 3.58. The maximum absolute atomic E-state index is 12.8. The normalized spacial score (nSPS) is 17.6. The monoisotopic (exact) mass is 328 g/mol. The number of amides is 1. The van der Waals surface area contributed by atoms with Gasteiger partial charge in [0.2, 0.25) is 5.91 Å². The summed E-state index contributed by atoms with van der Waals surface area (Å²) in [6.45, 7) is 4.65. The first-order valence-electron chi connectivity index (χ1n) is 8.97. The van der Waals surface area contributed by atoms with Gasteiger partial charge in [-0.15, -0.1) is 0 Å². The number of benzene rings is 1. The minimum absolute atomic E-state index is 0.0530. The molecular weight excluding hydrogens is 300 g/mol. The van der Waals surface area contributed by atoms with Crippen LogP contribution >= 0.6 is 0 Å². The molecule has 1 fully saturated rings. The van der Waals surface area contributed by atoms with Gasteiger partial charge in [0.25, 0.3) is 0 Å². The average molecular weight is 328 g/mol. The molecule has 0 radical (unpaired) electrons. The molecule has 0 aliphatic carbocycles. The molecular formula is C19H28N4O. The third-order valence-corrected chi connectivity index (χ3v) is 5.18. The summed E-state index contributed by atoms with van der Waals surface area (Å²) < 4.78 is 2.08. The Morgan fingerprint density at radius 1 is 1.21 bits per heavy atom. The van der Waals surface area contributed by atoms with E-state index in [2.05, 4.69) is 20.5 Å². The van der Waals surface area contributed by atoms with Crippen LogP contribution in [0.3, 0.4) is 0 Å². The number of aromatic nitrogens is 2. The van der Waals surface area contributed by atoms with E-state index in [4.69, 9.17) is 0 Å². The van der Waals surface area contributed by atoms with Crippen LogP contribution in [0.5, 0.6) is 0 Å². The number of carbonyl (C=O) groups excluding carboxylic acids is 1. The number of likely N-dealkylation sites (tertiary alicyclic amines) is 1. The van der Waals surface area contributed by atoms with Gasteiger partial charge in [-0.05, 0) is 45.0 Å². The highest BCUT2D eigenvalue weighted by Gasteiger charge is 2.25. The number of carbonyl (C=O) groups is 1. The molecule has 0 bridgehead atoms. The number of fused-ring (bicyclic) bond motifs is 1. The molecule has 0 N–H and O–H groups in total. The summed E-state index contributed by atoms with van der Waals surface area (Å²) in [4.78, 5) is 21.7. The molecule has 1 saturated heterocycles. The summed E-state index contributed by atoms with van der Waals surface area (Å²) in [6.07, 6.45) is 4.97. The van der Waals surface area contributed by atoms with Gasteiger partial charge in [-0.1, -0.05) is 25.0 Å². The standard InChI is InChI=1S/C19H28N4O/c1-15(23-12-8-4-5-9-13-23)19(24)21(2)14-18-20-16-10-6-7-11-17(16)22(18)3/h6-7,10-11,15H,4-5,8-9,12-14H2,1-3H3/t15-/m1/s1. The first kappa shape index (κ1) is 17.0. The Morgan fingerprint density at radius 3 is 2.54 bits per heavy atom. The van der Waals surface area contributed by atoms with Gasteiger partial charge in [-0.2, -0.15) is 0 Å². The second kappa shape index (κ2) is 7.34. The number of hydrogen-bond donors (Lipinski definition) is 0. The first-order valence-corrected chi connectivity index (χ1v) is 8.97. The highest BCUT2D eigenvalue weighted by molar-refractivity contribution is 5.81. The number of para-hydroxylation sites is 2. The summed E-state index contributed by atoms with van der Waals surface area (Å²) in [5.41, 5.74) is 2.09. The van der Waals surface area contributed by atoms with Crippen LogP contribution in [-0.4, -0.2) is 51.4 Å². The van der Waals surface area contributed by atoms with E-state index in [1.54, 1.807) is 0 Å². The maximum atomic E-state index is 12.8. The summed E-state index contributed by atoms with van der Waals surface area (Å²) in [5, 5.41) is 0. The van der Waals surface area contributed by atoms with E-state index in [1.165, 1.54) is 25.7 Å². The molecule has 0 unspecified atom stereocenters. The van der Waals surface area contributed by atoms with E-state index in [-0.39, 0.29) is 11.9 Å². The summed E-state index contributed by atoms with van der Waals surface area (Å²) in [7, 11) is 3.90. The van der Waals surface area contributed by atoms with Crippen molar-refractivity contribution in [2.45, 2.75) is 45.2 Å². The number of nitrogens with zero attached hydrogens (tertiary/aromatic N) is 4. The smallest absolute Gasteiger partial charge is 0.239 e. The molecule has 1 aromatic carbocycles. The number of likely N-dealkylation sites (N-methyl/N-ethyl adjacent to an activating group) is 1. The molecule has 0 spiro atoms. The lowest BCUT2D eigenvalue weighted by Crippen LogP contribution is -2.46. The zero-order valence-corrected chi connectivity index (χ0v) is 15.0. The molecule has 1 aromatic heterocycles. The van der Waals surface area contributed by atoms with Crippen LogP contribution in [0.4, 0.5) is 0 Å². The Kier molecular flexibility index (Phi) is 5.19. The minimum atomic E-state index is -0.0530. The van der Waals surface area contributed by atoms with Crippen LogP contribution in [0.15, 0.2) is 24.3 Å². The van der Waals surface area contributed by atoms with Crippen molar-refractivity contribution in [3.05, 3.63) is 30.1 Å². The molecule has 5 nitrogen and oxygen atoms in total. The summed E-state index contributed by atoms with van der Waals surface area (Å²) in [5.74, 6) is 1.11. The number of rotatable bonds is 4. The summed E-state index contributed by atoms with van der Waals surface area (Å²) >= 11 is 0. The predicted molar refractivity (Wildman–Crippen MR) is 96.7 cm³/mol. The number of hydrogen-bond acceptors (Lipinski definition) is 3. The molecule has 2 aromatic rings. The number of imidazole rings is 1. The highest BCUT2D eigenvalue weighted by Crippen LogP contribution is 2.17. The molecule has 24 heavy (non-hydrogen) atoms. The quantitative estimate of drug-likeness (QED) is 0.866. The van der Waals surface area contributed by atoms with Crippen molar-refractivity contribution in [3.8, 4) is 0 Å². The van der Waals surface area contributed by atoms with E-state index in [0.717, 1.165) is 29.9 Å². The van der Waals surface area contributed by atoms with E-state index in [1.807, 2.05) is 44.1 Å². The van der Waals surface area contributed by atoms with Crippen molar-refractivity contribution in [2.24, 2.45) is 7.05 Å². The van der Waals surface area contributed by atoms with Crippen LogP contribution in [-0.2, 0) is 18.4 Å². The molecule has 1 amide bonds. The van der Waals surface area contributed by atoms with E-state index >= 15 is 0 Å². The van der Waals surface area contributed by atoms with Crippen molar-refractivity contribution < 1.29 is 4.79 Å². The third kappa shape index (κ3) is 3.46. The Labute approximate surface area is 144 Å². The third-order valence-electron chi connectivity index (χ3n) is 5.18. The first-order chi connectivity index (χ1) is 11.6. The fourth-order valence-corrected chi connectivity index (χ4v) is 3.58. The lowest BCUT2D eigenvalue weighted by molar-refractivity contribution is -0.135. The van der Waals surface area contributed by atoms with E-state index in [9.17, 15) is 4.79 Å². The van der Waals surface area contributed by atoms with E-state index < -0.39 is 0 Å². The largest absolute Gasteiger partial charge is 0.337 e. The molecule has 1 atom stereocenters. The van der Waals surface area contributed by atoms with Crippen molar-refractivity contribution in [2.75, 3.05) is 20.1 Å². The minimum Gasteiger partial charge on any atom is -0.337 e. The molecule has 3 rings (SSSR count). The van der Waals surface area contributed by atoms with Crippen molar-refractivity contribution in [1.82, 2.24) is 19.4 Å². The molecule has 0 saturated carbocycles. The van der Waals surface area contributed by atoms with Crippen LogP contribution in [0, 0.1) is 0 Å². The molecule has 130 valence electrons. The Hall–Kier alpha value is -1.88. The molecule has 1 aliphatic rings. The lowest BCUT2D eigenvalue weighted by atomic mass is 10.2. The van der Waals surface area contributed by atoms with Crippen LogP contribution in [0.1, 0.15) is 38.4 Å². The SMILES string of the molecule is C[C@H](C(=O)N(C)Cc1nc2ccccc2n1C)N1CCCCCC1. The predicted octanol–water partition coefficient (Wildman–Crippen LogP) is 2.80. The summed E-state index contributed by atoms with van der Waals surface area (Å²) in [6, 6.07) is 8.04. The van der Waals surface area contributed by atoms with Crippen molar-refractivity contribution in [3.63, 3.8) is 0 Å². The van der Waals surface area contributed by atoms with Crippen LogP contribution < -0.4 is 0 Å². The van der Waals surface area contributed by atoms with Crippen molar-refractivity contribution >= 4 is 16.9 Å². The second-order valence-corrected chi connectivity index (χ2v) is 6.90. The average Bonchev–Trinajstić information content (AvgIpc) is 2.79. The zero-order chi connectivity index (χ0) is 17.1. The van der Waals surface area contributed by atoms with Gasteiger partial charge in [0.1, 0.15) is 5.82 Å². The Morgan fingerprint density at radius 2 is 1.88 bits per heavy atom. The van der Waals surface area contributed by atoms with Crippen LogP contribution in [0.25, 0.3) is 11.0 Å². The van der Waals surface area contributed by atoms with Gasteiger partial charge in [0, 0.05) is 14.1 Å². The Balaban J connectivity index is 1.69. The van der Waals surface area contributed by atoms with Gasteiger partial charge in [-0.25, -0.2) is 4.98 Å². The molecule has 2 heterocycles. The second-order valence-electron chi connectivity index (χ2n) is 6.90.